The highest BCUT2D eigenvalue weighted by atomic mass is 32.2. The number of rotatable bonds is 5. The molecule has 0 amide bonds. The molecule has 1 N–H and O–H groups in total. The molecule has 0 aliphatic heterocycles. The molecule has 4 heteroatoms. The molecule has 0 heterocycles. The summed E-state index contributed by atoms with van der Waals surface area (Å²) in [6, 6.07) is 12.7. The molecule has 0 saturated heterocycles. The fraction of sp³-hybridized carbons (Fsp3) is 0.333. The number of benzene rings is 2. The van der Waals surface area contributed by atoms with Crippen molar-refractivity contribution in [1.82, 2.24) is 0 Å². The van der Waals surface area contributed by atoms with E-state index in [9.17, 15) is 8.42 Å². The minimum absolute atomic E-state index is 0.290. The summed E-state index contributed by atoms with van der Waals surface area (Å²) < 4.78 is 27.5. The van der Waals surface area contributed by atoms with Crippen molar-refractivity contribution < 1.29 is 8.42 Å². The Labute approximate surface area is 133 Å². The first-order valence-electron chi connectivity index (χ1n) is 7.53. The van der Waals surface area contributed by atoms with Gasteiger partial charge in [-0.3, -0.25) is 4.72 Å². The van der Waals surface area contributed by atoms with E-state index in [2.05, 4.69) is 18.6 Å². The predicted octanol–water partition coefficient (Wildman–Crippen LogP) is 4.62. The number of hydrogen-bond donors (Lipinski definition) is 1. The second-order valence-electron chi connectivity index (χ2n) is 5.78. The number of hydrogen-bond acceptors (Lipinski definition) is 2. The fourth-order valence-corrected chi connectivity index (χ4v) is 3.28. The molecule has 0 aliphatic carbocycles. The molecule has 2 aromatic rings. The van der Waals surface area contributed by atoms with Gasteiger partial charge in [0.25, 0.3) is 10.0 Å². The van der Waals surface area contributed by atoms with Gasteiger partial charge in [0.2, 0.25) is 0 Å². The van der Waals surface area contributed by atoms with E-state index < -0.39 is 10.0 Å². The fourth-order valence-electron chi connectivity index (χ4n) is 2.23. The van der Waals surface area contributed by atoms with Gasteiger partial charge in [0.1, 0.15) is 0 Å². The third kappa shape index (κ3) is 3.69. The zero-order chi connectivity index (χ0) is 16.3. The Hall–Kier alpha value is -1.81. The van der Waals surface area contributed by atoms with Gasteiger partial charge in [-0.15, -0.1) is 0 Å². The van der Waals surface area contributed by atoms with Gasteiger partial charge in [-0.1, -0.05) is 32.0 Å². The molecule has 0 spiro atoms. The molecule has 118 valence electrons. The number of anilines is 1. The molecule has 3 nitrogen and oxygen atoms in total. The van der Waals surface area contributed by atoms with Crippen LogP contribution in [0.15, 0.2) is 47.4 Å². The molecule has 2 aromatic carbocycles. The highest BCUT2D eigenvalue weighted by molar-refractivity contribution is 7.92. The smallest absolute Gasteiger partial charge is 0.261 e. The maximum Gasteiger partial charge on any atom is 0.261 e. The van der Waals surface area contributed by atoms with Crippen LogP contribution in [-0.4, -0.2) is 8.42 Å². The summed E-state index contributed by atoms with van der Waals surface area (Å²) >= 11 is 0. The minimum Gasteiger partial charge on any atom is -0.280 e. The first kappa shape index (κ1) is 16.6. The van der Waals surface area contributed by atoms with E-state index in [4.69, 9.17) is 0 Å². The van der Waals surface area contributed by atoms with Gasteiger partial charge >= 0.3 is 0 Å². The van der Waals surface area contributed by atoms with Crippen LogP contribution in [0.3, 0.4) is 0 Å². The van der Waals surface area contributed by atoms with E-state index >= 15 is 0 Å². The number of nitrogens with one attached hydrogen (secondary N) is 1. The van der Waals surface area contributed by atoms with Crippen LogP contribution in [0.4, 0.5) is 5.69 Å². The topological polar surface area (TPSA) is 46.2 Å². The first-order valence-corrected chi connectivity index (χ1v) is 9.02. The van der Waals surface area contributed by atoms with Gasteiger partial charge in [-0.05, 0) is 67.1 Å². The van der Waals surface area contributed by atoms with Crippen LogP contribution in [-0.2, 0) is 10.0 Å². The molecule has 2 rings (SSSR count). The van der Waals surface area contributed by atoms with Crippen LogP contribution in [0, 0.1) is 13.8 Å². The molecule has 1 unspecified atom stereocenters. The third-order valence-corrected chi connectivity index (χ3v) is 5.53. The summed E-state index contributed by atoms with van der Waals surface area (Å²) in [6.45, 7) is 8.22. The highest BCUT2D eigenvalue weighted by Gasteiger charge is 2.15. The van der Waals surface area contributed by atoms with Gasteiger partial charge < -0.3 is 0 Å². The van der Waals surface area contributed by atoms with Crippen molar-refractivity contribution in [1.29, 1.82) is 0 Å². The lowest BCUT2D eigenvalue weighted by atomic mass is 9.99. The van der Waals surface area contributed by atoms with Crippen molar-refractivity contribution in [2.24, 2.45) is 0 Å². The van der Waals surface area contributed by atoms with Gasteiger partial charge in [0, 0.05) is 5.69 Å². The second-order valence-corrected chi connectivity index (χ2v) is 7.47. The monoisotopic (exact) mass is 317 g/mol. The normalized spacial score (nSPS) is 12.9. The summed E-state index contributed by atoms with van der Waals surface area (Å²) in [6.07, 6.45) is 1.03. The SMILES string of the molecule is CCC(C)c1ccc(S(=O)(=O)Nc2ccc(C)c(C)c2)cc1. The molecule has 22 heavy (non-hydrogen) atoms. The van der Waals surface area contributed by atoms with Crippen molar-refractivity contribution in [3.05, 3.63) is 59.2 Å². The summed E-state index contributed by atoms with van der Waals surface area (Å²) in [5.41, 5.74) is 3.95. The van der Waals surface area contributed by atoms with E-state index in [0.717, 1.165) is 23.1 Å². The zero-order valence-corrected chi connectivity index (χ0v) is 14.4. The van der Waals surface area contributed by atoms with Crippen LogP contribution < -0.4 is 4.72 Å². The molecular formula is C18H23NO2S. The van der Waals surface area contributed by atoms with E-state index in [-0.39, 0.29) is 4.90 Å². The zero-order valence-electron chi connectivity index (χ0n) is 13.6. The van der Waals surface area contributed by atoms with E-state index in [1.54, 1.807) is 18.2 Å². The Morgan fingerprint density at radius 3 is 2.18 bits per heavy atom. The quantitative estimate of drug-likeness (QED) is 0.874. The Morgan fingerprint density at radius 1 is 1.00 bits per heavy atom. The summed E-state index contributed by atoms with van der Waals surface area (Å²) in [7, 11) is -3.54. The standard InChI is InChI=1S/C18H23NO2S/c1-5-13(2)16-7-10-18(11-8-16)22(20,21)19-17-9-6-14(3)15(4)12-17/h6-13,19H,5H2,1-4H3. The molecule has 0 bridgehead atoms. The predicted molar refractivity (Wildman–Crippen MR) is 91.9 cm³/mol. The lowest BCUT2D eigenvalue weighted by Gasteiger charge is -2.12. The lowest BCUT2D eigenvalue weighted by Crippen LogP contribution is -2.13. The van der Waals surface area contributed by atoms with Crippen molar-refractivity contribution in [3.8, 4) is 0 Å². The molecule has 0 radical (unpaired) electrons. The highest BCUT2D eigenvalue weighted by Crippen LogP contribution is 2.22. The van der Waals surface area contributed by atoms with Gasteiger partial charge in [-0.2, -0.15) is 0 Å². The van der Waals surface area contributed by atoms with E-state index in [1.807, 2.05) is 38.1 Å². The summed E-state index contributed by atoms with van der Waals surface area (Å²) in [4.78, 5) is 0.290. The minimum atomic E-state index is -3.54. The van der Waals surface area contributed by atoms with Crippen molar-refractivity contribution >= 4 is 15.7 Å². The first-order chi connectivity index (χ1) is 10.3. The van der Waals surface area contributed by atoms with Crippen molar-refractivity contribution in [2.45, 2.75) is 44.9 Å². The maximum absolute atomic E-state index is 12.4. The van der Waals surface area contributed by atoms with Crippen LogP contribution in [0.1, 0.15) is 42.9 Å². The van der Waals surface area contributed by atoms with Crippen molar-refractivity contribution in [3.63, 3.8) is 0 Å². The van der Waals surface area contributed by atoms with E-state index in [0.29, 0.717) is 11.6 Å². The molecular weight excluding hydrogens is 294 g/mol. The molecule has 0 saturated carbocycles. The Morgan fingerprint density at radius 2 is 1.64 bits per heavy atom. The van der Waals surface area contributed by atoms with Crippen LogP contribution in [0.5, 0.6) is 0 Å². The lowest BCUT2D eigenvalue weighted by molar-refractivity contribution is 0.601. The number of aryl methyl sites for hydroxylation is 2. The molecule has 0 fully saturated rings. The molecule has 1 atom stereocenters. The van der Waals surface area contributed by atoms with Crippen LogP contribution in [0.25, 0.3) is 0 Å². The molecule has 0 aromatic heterocycles. The van der Waals surface area contributed by atoms with E-state index in [1.165, 1.54) is 0 Å². The van der Waals surface area contributed by atoms with Gasteiger partial charge in [-0.25, -0.2) is 8.42 Å². The summed E-state index contributed by atoms with van der Waals surface area (Å²) in [5.74, 6) is 0.435. The van der Waals surface area contributed by atoms with Crippen LogP contribution >= 0.6 is 0 Å². The van der Waals surface area contributed by atoms with Gasteiger partial charge in [0.15, 0.2) is 0 Å². The number of sulfonamides is 1. The maximum atomic E-state index is 12.4. The average molecular weight is 317 g/mol. The largest absolute Gasteiger partial charge is 0.280 e. The summed E-state index contributed by atoms with van der Waals surface area (Å²) in [5, 5.41) is 0. The van der Waals surface area contributed by atoms with Crippen LogP contribution in [0.2, 0.25) is 0 Å². The molecule has 0 aliphatic rings. The average Bonchev–Trinajstić information content (AvgIpc) is 2.50. The second kappa shape index (κ2) is 6.53. The third-order valence-electron chi connectivity index (χ3n) is 4.13. The Kier molecular flexibility index (Phi) is 4.91. The Balaban J connectivity index is 2.24. The Bertz CT molecular complexity index is 749. The van der Waals surface area contributed by atoms with Crippen molar-refractivity contribution in [2.75, 3.05) is 4.72 Å². The van der Waals surface area contributed by atoms with Gasteiger partial charge in [0.05, 0.1) is 4.90 Å².